The van der Waals surface area contributed by atoms with E-state index in [1.54, 1.807) is 32.9 Å². The van der Waals surface area contributed by atoms with Crippen LogP contribution in [-0.4, -0.2) is 42.2 Å². The predicted octanol–water partition coefficient (Wildman–Crippen LogP) is 8.14. The molecule has 1 aliphatic rings. The summed E-state index contributed by atoms with van der Waals surface area (Å²) in [5.74, 6) is 0.130. The van der Waals surface area contributed by atoms with Crippen molar-refractivity contribution in [1.29, 1.82) is 0 Å². The molecule has 0 bridgehead atoms. The number of fused-ring (bicyclic) bond motifs is 1. The number of H-pyrrole nitrogens is 1. The van der Waals surface area contributed by atoms with E-state index in [-0.39, 0.29) is 18.4 Å². The van der Waals surface area contributed by atoms with Gasteiger partial charge in [0.2, 0.25) is 5.91 Å². The summed E-state index contributed by atoms with van der Waals surface area (Å²) in [5.41, 5.74) is 5.58. The lowest BCUT2D eigenvalue weighted by atomic mass is 9.95. The number of aromatic amines is 1. The van der Waals surface area contributed by atoms with Gasteiger partial charge in [-0.2, -0.15) is 0 Å². The third-order valence-electron chi connectivity index (χ3n) is 8.55. The highest BCUT2D eigenvalue weighted by molar-refractivity contribution is 5.86. The van der Waals surface area contributed by atoms with Gasteiger partial charge >= 0.3 is 5.97 Å². The molecule has 1 unspecified atom stereocenters. The number of hydrogen-bond acceptors (Lipinski definition) is 5. The van der Waals surface area contributed by atoms with Crippen molar-refractivity contribution < 1.29 is 19.1 Å². The Labute approximate surface area is 267 Å². The number of rotatable bonds is 13. The first-order valence-electron chi connectivity index (χ1n) is 16.5. The van der Waals surface area contributed by atoms with E-state index in [1.165, 1.54) is 35.9 Å². The fourth-order valence-corrected chi connectivity index (χ4v) is 6.10. The first kappa shape index (κ1) is 32.1. The number of para-hydroxylation sites is 1. The van der Waals surface area contributed by atoms with Crippen molar-refractivity contribution in [1.82, 2.24) is 10.3 Å². The molecular weight excluding hydrogens is 562 g/mol. The van der Waals surface area contributed by atoms with Crippen molar-refractivity contribution in [3.8, 4) is 17.0 Å². The maximum absolute atomic E-state index is 13.5. The molecule has 3 aromatic carbocycles. The van der Waals surface area contributed by atoms with E-state index in [0.29, 0.717) is 12.4 Å². The molecule has 4 aromatic rings. The number of nitrogens with one attached hydrogen (secondary N) is 2. The molecule has 2 N–H and O–H groups in total. The van der Waals surface area contributed by atoms with E-state index in [4.69, 9.17) is 9.47 Å². The smallest absolute Gasteiger partial charge is 0.349 e. The van der Waals surface area contributed by atoms with Crippen LogP contribution in [0.15, 0.2) is 72.8 Å². The maximum atomic E-state index is 13.5. The Morgan fingerprint density at radius 2 is 1.71 bits per heavy atom. The molecule has 7 nitrogen and oxygen atoms in total. The predicted molar refractivity (Wildman–Crippen MR) is 182 cm³/mol. The molecule has 1 aromatic heterocycles. The van der Waals surface area contributed by atoms with Gasteiger partial charge in [0.15, 0.2) is 5.60 Å². The topological polar surface area (TPSA) is 83.7 Å². The van der Waals surface area contributed by atoms with E-state index in [9.17, 15) is 9.59 Å². The zero-order valence-corrected chi connectivity index (χ0v) is 27.2. The molecule has 1 saturated heterocycles. The van der Waals surface area contributed by atoms with Gasteiger partial charge in [-0.1, -0.05) is 62.2 Å². The number of benzene rings is 3. The Bertz CT molecular complexity index is 1550. The molecular formula is C38H47N3O4. The molecule has 45 heavy (non-hydrogen) atoms. The second kappa shape index (κ2) is 14.7. The summed E-state index contributed by atoms with van der Waals surface area (Å²) < 4.78 is 11.0. The molecule has 1 amide bonds. The van der Waals surface area contributed by atoms with Crippen LogP contribution in [0.4, 0.5) is 5.69 Å². The number of anilines is 1. The summed E-state index contributed by atoms with van der Waals surface area (Å²) in [5, 5.41) is 4.59. The summed E-state index contributed by atoms with van der Waals surface area (Å²) in [4.78, 5) is 31.8. The van der Waals surface area contributed by atoms with Gasteiger partial charge in [0.05, 0.1) is 19.1 Å². The number of amides is 1. The molecule has 0 saturated carbocycles. The highest BCUT2D eigenvalue weighted by Gasteiger charge is 2.31. The van der Waals surface area contributed by atoms with E-state index >= 15 is 0 Å². The monoisotopic (exact) mass is 609 g/mol. The minimum atomic E-state index is -1.10. The minimum Gasteiger partial charge on any atom is -0.476 e. The molecule has 0 radical (unpaired) electrons. The molecule has 1 atom stereocenters. The normalized spacial score (nSPS) is 14.3. The van der Waals surface area contributed by atoms with Crippen molar-refractivity contribution in [2.24, 2.45) is 0 Å². The molecule has 5 rings (SSSR count). The standard InChI is InChI=1S/C38H47N3O4/c1-5-7-14-33(40-36(42)24-27-16-19-30(20-17-27)45-38(3,4)37(43)44-6-2)31-21-18-29(26-35(31)41-22-11-8-12-23-41)34-25-28-13-9-10-15-32(28)39-34/h9-10,13,15-21,25-26,33,39H,5-8,11-12,14,22-24H2,1-4H3,(H,40,42). The zero-order chi connectivity index (χ0) is 31.8. The Balaban J connectivity index is 1.35. The third-order valence-corrected chi connectivity index (χ3v) is 8.55. The maximum Gasteiger partial charge on any atom is 0.349 e. The van der Waals surface area contributed by atoms with Crippen molar-refractivity contribution in [3.63, 3.8) is 0 Å². The first-order valence-corrected chi connectivity index (χ1v) is 16.5. The van der Waals surface area contributed by atoms with Gasteiger partial charge in [-0.25, -0.2) is 4.79 Å². The van der Waals surface area contributed by atoms with Gasteiger partial charge in [0, 0.05) is 40.9 Å². The number of nitrogens with zero attached hydrogens (tertiary/aromatic N) is 1. The molecule has 7 heteroatoms. The number of hydrogen-bond donors (Lipinski definition) is 2. The van der Waals surface area contributed by atoms with Crippen LogP contribution in [-0.2, 0) is 20.7 Å². The third kappa shape index (κ3) is 8.07. The Kier molecular flexibility index (Phi) is 10.5. The van der Waals surface area contributed by atoms with Gasteiger partial charge in [-0.3, -0.25) is 4.79 Å². The van der Waals surface area contributed by atoms with Crippen molar-refractivity contribution in [2.45, 2.75) is 84.3 Å². The van der Waals surface area contributed by atoms with Crippen molar-refractivity contribution in [3.05, 3.63) is 83.9 Å². The Hall–Kier alpha value is -4.26. The number of esters is 1. The van der Waals surface area contributed by atoms with Crippen LogP contribution in [0.2, 0.25) is 0 Å². The molecule has 1 fully saturated rings. The van der Waals surface area contributed by atoms with Gasteiger partial charge in [-0.15, -0.1) is 0 Å². The number of piperidine rings is 1. The van der Waals surface area contributed by atoms with Crippen LogP contribution in [0, 0.1) is 0 Å². The minimum absolute atomic E-state index is 0.0130. The average molecular weight is 610 g/mol. The van der Waals surface area contributed by atoms with Gasteiger partial charge in [0.1, 0.15) is 5.75 Å². The summed E-state index contributed by atoms with van der Waals surface area (Å²) in [6.45, 7) is 9.69. The SMILES string of the molecule is CCCCC(NC(=O)Cc1ccc(OC(C)(C)C(=O)OCC)cc1)c1ccc(-c2cc3ccccc3[nH]2)cc1N1CCCCC1. The highest BCUT2D eigenvalue weighted by atomic mass is 16.6. The Morgan fingerprint density at radius 1 is 0.956 bits per heavy atom. The van der Waals surface area contributed by atoms with E-state index < -0.39 is 11.6 Å². The van der Waals surface area contributed by atoms with E-state index in [2.05, 4.69) is 70.7 Å². The number of carbonyl (C=O) groups excluding carboxylic acids is 2. The summed E-state index contributed by atoms with van der Waals surface area (Å²) >= 11 is 0. The first-order chi connectivity index (χ1) is 21.8. The van der Waals surface area contributed by atoms with Gasteiger partial charge < -0.3 is 24.7 Å². The molecule has 0 aliphatic carbocycles. The molecule has 238 valence electrons. The highest BCUT2D eigenvalue weighted by Crippen LogP contribution is 2.36. The zero-order valence-electron chi connectivity index (χ0n) is 27.2. The van der Waals surface area contributed by atoms with Gasteiger partial charge in [-0.05, 0) is 87.9 Å². The fourth-order valence-electron chi connectivity index (χ4n) is 6.10. The lowest BCUT2D eigenvalue weighted by molar-refractivity contribution is -0.158. The largest absolute Gasteiger partial charge is 0.476 e. The summed E-state index contributed by atoms with van der Waals surface area (Å²) in [7, 11) is 0. The fraction of sp³-hybridized carbons (Fsp3) is 0.421. The Morgan fingerprint density at radius 3 is 2.42 bits per heavy atom. The summed E-state index contributed by atoms with van der Waals surface area (Å²) in [6.07, 6.45) is 6.84. The van der Waals surface area contributed by atoms with Crippen LogP contribution in [0.25, 0.3) is 22.2 Å². The number of carbonyl (C=O) groups is 2. The lowest BCUT2D eigenvalue weighted by Gasteiger charge is -2.33. The van der Waals surface area contributed by atoms with E-state index in [1.807, 2.05) is 12.1 Å². The molecule has 1 aliphatic heterocycles. The van der Waals surface area contributed by atoms with Crippen molar-refractivity contribution >= 4 is 28.5 Å². The second-order valence-electron chi connectivity index (χ2n) is 12.5. The van der Waals surface area contributed by atoms with Crippen LogP contribution in [0.1, 0.15) is 83.4 Å². The van der Waals surface area contributed by atoms with Crippen LogP contribution < -0.4 is 15.0 Å². The molecule has 0 spiro atoms. The van der Waals surface area contributed by atoms with Crippen LogP contribution >= 0.6 is 0 Å². The van der Waals surface area contributed by atoms with E-state index in [0.717, 1.165) is 54.7 Å². The average Bonchev–Trinajstić information content (AvgIpc) is 3.49. The lowest BCUT2D eigenvalue weighted by Crippen LogP contribution is -2.39. The summed E-state index contributed by atoms with van der Waals surface area (Å²) in [6, 6.07) is 24.6. The van der Waals surface area contributed by atoms with Crippen LogP contribution in [0.3, 0.4) is 0 Å². The van der Waals surface area contributed by atoms with Gasteiger partial charge in [0.25, 0.3) is 0 Å². The van der Waals surface area contributed by atoms with Crippen LogP contribution in [0.5, 0.6) is 5.75 Å². The number of ether oxygens (including phenoxy) is 2. The van der Waals surface area contributed by atoms with Crippen molar-refractivity contribution in [2.75, 3.05) is 24.6 Å². The quantitative estimate of drug-likeness (QED) is 0.150. The second-order valence-corrected chi connectivity index (χ2v) is 12.5. The number of aromatic nitrogens is 1. The molecule has 2 heterocycles. The number of unbranched alkanes of at least 4 members (excludes halogenated alkanes) is 1.